The highest BCUT2D eigenvalue weighted by Gasteiger charge is 2.16. The number of hydrogen-bond acceptors (Lipinski definition) is 4. The Morgan fingerprint density at radius 2 is 2.62 bits per heavy atom. The summed E-state index contributed by atoms with van der Waals surface area (Å²) in [5, 5.41) is 10.8. The summed E-state index contributed by atoms with van der Waals surface area (Å²) in [6, 6.07) is 3.38. The lowest BCUT2D eigenvalue weighted by atomic mass is 10.2. The van der Waals surface area contributed by atoms with Crippen LogP contribution in [0.5, 0.6) is 0 Å². The van der Waals surface area contributed by atoms with Crippen LogP contribution in [-0.2, 0) is 11.2 Å². The van der Waals surface area contributed by atoms with Crippen LogP contribution in [0.25, 0.3) is 0 Å². The molecule has 1 aromatic rings. The zero-order valence-corrected chi connectivity index (χ0v) is 8.82. The van der Waals surface area contributed by atoms with Gasteiger partial charge in [0.05, 0.1) is 0 Å². The quantitative estimate of drug-likeness (QED) is 0.736. The average molecular weight is 217 g/mol. The van der Waals surface area contributed by atoms with Crippen LogP contribution in [0, 0.1) is 0 Å². The Hall–Kier alpha value is -0.520. The molecular formula is C8H11NO2S2. The van der Waals surface area contributed by atoms with Crippen molar-refractivity contribution >= 4 is 29.3 Å². The van der Waals surface area contributed by atoms with Gasteiger partial charge >= 0.3 is 5.97 Å². The Bertz CT molecular complexity index is 261. The Labute approximate surface area is 85.3 Å². The minimum absolute atomic E-state index is 0.492. The number of carboxylic acids is 1. The summed E-state index contributed by atoms with van der Waals surface area (Å²) >= 11 is 2.92. The van der Waals surface area contributed by atoms with E-state index in [4.69, 9.17) is 5.11 Å². The second-order valence-electron chi connectivity index (χ2n) is 2.50. The molecule has 0 aliphatic heterocycles. The van der Waals surface area contributed by atoms with Gasteiger partial charge in [-0.25, -0.2) is 4.72 Å². The molecule has 1 atom stereocenters. The van der Waals surface area contributed by atoms with Crippen LogP contribution in [-0.4, -0.2) is 23.4 Å². The van der Waals surface area contributed by atoms with E-state index < -0.39 is 12.0 Å². The third kappa shape index (κ3) is 3.38. The molecule has 0 amide bonds. The largest absolute Gasteiger partial charge is 0.480 e. The Morgan fingerprint density at radius 3 is 3.08 bits per heavy atom. The fourth-order valence-electron chi connectivity index (χ4n) is 0.952. The van der Waals surface area contributed by atoms with Gasteiger partial charge in [0.15, 0.2) is 0 Å². The van der Waals surface area contributed by atoms with Crippen LogP contribution in [0.15, 0.2) is 17.5 Å². The standard InChI is InChI=1S/C8H11NO2S2/c1-12-9-7(8(10)11)5-6-3-2-4-13-6/h2-4,7,9H,5H2,1H3,(H,10,11). The number of thiophene rings is 1. The van der Waals surface area contributed by atoms with Crippen molar-refractivity contribution in [1.29, 1.82) is 0 Å². The molecule has 13 heavy (non-hydrogen) atoms. The first-order chi connectivity index (χ1) is 6.24. The first-order valence-corrected chi connectivity index (χ1v) is 5.88. The molecule has 5 heteroatoms. The van der Waals surface area contributed by atoms with Crippen molar-refractivity contribution in [3.8, 4) is 0 Å². The van der Waals surface area contributed by atoms with Crippen molar-refractivity contribution in [2.75, 3.05) is 6.26 Å². The number of rotatable bonds is 5. The molecule has 0 spiro atoms. The summed E-state index contributed by atoms with van der Waals surface area (Å²) in [7, 11) is 0. The highest BCUT2D eigenvalue weighted by atomic mass is 32.2. The van der Waals surface area contributed by atoms with Crippen molar-refractivity contribution in [3.05, 3.63) is 22.4 Å². The predicted molar refractivity (Wildman–Crippen MR) is 56.1 cm³/mol. The summed E-state index contributed by atoms with van der Waals surface area (Å²) in [5.41, 5.74) is 0. The number of nitrogens with one attached hydrogen (secondary N) is 1. The third-order valence-electron chi connectivity index (χ3n) is 1.54. The van der Waals surface area contributed by atoms with E-state index in [2.05, 4.69) is 4.72 Å². The summed E-state index contributed by atoms with van der Waals surface area (Å²) < 4.78 is 2.84. The second kappa shape index (κ2) is 5.26. The molecular weight excluding hydrogens is 206 g/mol. The third-order valence-corrected chi connectivity index (χ3v) is 2.96. The fourth-order valence-corrected chi connectivity index (χ4v) is 2.17. The molecule has 1 heterocycles. The number of hydrogen-bond donors (Lipinski definition) is 2. The van der Waals surface area contributed by atoms with Gasteiger partial charge in [-0.2, -0.15) is 0 Å². The van der Waals surface area contributed by atoms with Gasteiger partial charge in [-0.3, -0.25) is 4.79 Å². The monoisotopic (exact) mass is 217 g/mol. The molecule has 1 rings (SSSR count). The molecule has 0 aromatic carbocycles. The van der Waals surface area contributed by atoms with Crippen LogP contribution in [0.1, 0.15) is 4.88 Å². The number of aliphatic carboxylic acids is 1. The minimum atomic E-state index is -0.803. The first-order valence-electron chi connectivity index (χ1n) is 3.77. The van der Waals surface area contributed by atoms with E-state index in [0.717, 1.165) is 4.88 Å². The van der Waals surface area contributed by atoms with E-state index in [1.54, 1.807) is 11.3 Å². The fraction of sp³-hybridized carbons (Fsp3) is 0.375. The molecule has 0 saturated carbocycles. The van der Waals surface area contributed by atoms with Gasteiger partial charge in [-0.05, 0) is 17.7 Å². The molecule has 0 aliphatic carbocycles. The number of carboxylic acid groups (broad SMARTS) is 1. The van der Waals surface area contributed by atoms with Gasteiger partial charge < -0.3 is 5.11 Å². The van der Waals surface area contributed by atoms with Crippen molar-refractivity contribution in [3.63, 3.8) is 0 Å². The van der Waals surface area contributed by atoms with Gasteiger partial charge in [0.2, 0.25) is 0 Å². The minimum Gasteiger partial charge on any atom is -0.480 e. The molecule has 0 saturated heterocycles. The Morgan fingerprint density at radius 1 is 1.85 bits per heavy atom. The lowest BCUT2D eigenvalue weighted by molar-refractivity contribution is -0.138. The second-order valence-corrected chi connectivity index (χ2v) is 4.17. The lowest BCUT2D eigenvalue weighted by Crippen LogP contribution is -2.33. The van der Waals surface area contributed by atoms with Crippen molar-refractivity contribution in [2.45, 2.75) is 12.5 Å². The number of carbonyl (C=O) groups is 1. The molecule has 1 aromatic heterocycles. The topological polar surface area (TPSA) is 49.3 Å². The highest BCUT2D eigenvalue weighted by Crippen LogP contribution is 2.12. The van der Waals surface area contributed by atoms with Crippen LogP contribution < -0.4 is 4.72 Å². The predicted octanol–water partition coefficient (Wildman–Crippen LogP) is 1.61. The van der Waals surface area contributed by atoms with Crippen molar-refractivity contribution in [1.82, 2.24) is 4.72 Å². The average Bonchev–Trinajstić information content (AvgIpc) is 2.56. The molecule has 0 bridgehead atoms. The molecule has 0 fully saturated rings. The molecule has 0 radical (unpaired) electrons. The maximum Gasteiger partial charge on any atom is 0.321 e. The maximum atomic E-state index is 10.7. The van der Waals surface area contributed by atoms with E-state index >= 15 is 0 Å². The first kappa shape index (κ1) is 10.6. The van der Waals surface area contributed by atoms with Gasteiger partial charge in [0.25, 0.3) is 0 Å². The van der Waals surface area contributed by atoms with E-state index in [1.165, 1.54) is 11.9 Å². The van der Waals surface area contributed by atoms with E-state index in [9.17, 15) is 4.79 Å². The zero-order valence-electron chi connectivity index (χ0n) is 7.19. The van der Waals surface area contributed by atoms with E-state index in [-0.39, 0.29) is 0 Å². The summed E-state index contributed by atoms with van der Waals surface area (Å²) in [6.45, 7) is 0. The van der Waals surface area contributed by atoms with Crippen LogP contribution in [0.2, 0.25) is 0 Å². The lowest BCUT2D eigenvalue weighted by Gasteiger charge is -2.10. The van der Waals surface area contributed by atoms with E-state index in [0.29, 0.717) is 6.42 Å². The molecule has 2 N–H and O–H groups in total. The molecule has 72 valence electrons. The van der Waals surface area contributed by atoms with Crippen LogP contribution >= 0.6 is 23.3 Å². The highest BCUT2D eigenvalue weighted by molar-refractivity contribution is 7.96. The molecule has 1 unspecified atom stereocenters. The van der Waals surface area contributed by atoms with Gasteiger partial charge in [-0.1, -0.05) is 18.0 Å². The normalized spacial score (nSPS) is 12.7. The summed E-state index contributed by atoms with van der Waals surface area (Å²) in [4.78, 5) is 11.8. The van der Waals surface area contributed by atoms with Crippen LogP contribution in [0.4, 0.5) is 0 Å². The van der Waals surface area contributed by atoms with Gasteiger partial charge in [-0.15, -0.1) is 11.3 Å². The van der Waals surface area contributed by atoms with Crippen molar-refractivity contribution in [2.24, 2.45) is 0 Å². The summed E-state index contributed by atoms with van der Waals surface area (Å²) in [5.74, 6) is -0.803. The molecule has 3 nitrogen and oxygen atoms in total. The summed E-state index contributed by atoms with van der Waals surface area (Å²) in [6.07, 6.45) is 2.37. The molecule has 0 aliphatic rings. The zero-order chi connectivity index (χ0) is 9.68. The van der Waals surface area contributed by atoms with Crippen LogP contribution in [0.3, 0.4) is 0 Å². The van der Waals surface area contributed by atoms with Gasteiger partial charge in [0, 0.05) is 11.3 Å². The smallest absolute Gasteiger partial charge is 0.321 e. The Balaban J connectivity index is 2.52. The maximum absolute atomic E-state index is 10.7. The van der Waals surface area contributed by atoms with Gasteiger partial charge in [0.1, 0.15) is 6.04 Å². The van der Waals surface area contributed by atoms with Crippen molar-refractivity contribution < 1.29 is 9.90 Å². The Kier molecular flexibility index (Phi) is 4.27. The van der Waals surface area contributed by atoms with E-state index in [1.807, 2.05) is 23.8 Å². The SMILES string of the molecule is CSNC(Cc1cccs1)C(=O)O.